The van der Waals surface area contributed by atoms with Crippen LogP contribution in [0.1, 0.15) is 11.5 Å². The van der Waals surface area contributed by atoms with Crippen molar-refractivity contribution in [3.63, 3.8) is 0 Å². The minimum absolute atomic E-state index is 0.119. The summed E-state index contributed by atoms with van der Waals surface area (Å²) in [6.07, 6.45) is 0. The molecule has 0 bridgehead atoms. The lowest BCUT2D eigenvalue weighted by Gasteiger charge is -2.26. The van der Waals surface area contributed by atoms with E-state index in [2.05, 4.69) is 10.3 Å². The lowest BCUT2D eigenvalue weighted by molar-refractivity contribution is -0.0307. The third-order valence-corrected chi connectivity index (χ3v) is 3.20. The summed E-state index contributed by atoms with van der Waals surface area (Å²) in [7, 11) is 0. The summed E-state index contributed by atoms with van der Waals surface area (Å²) in [5, 5.41) is 3.10. The molecule has 0 amide bonds. The highest BCUT2D eigenvalue weighted by Crippen LogP contribution is 2.24. The Morgan fingerprint density at radius 2 is 2.16 bits per heavy atom. The lowest BCUT2D eigenvalue weighted by Crippen LogP contribution is -2.36. The molecule has 0 radical (unpaired) electrons. The number of aryl methyl sites for hydroxylation is 1. The smallest absolute Gasteiger partial charge is 0.203 e. The predicted octanol–water partition coefficient (Wildman–Crippen LogP) is 2.15. The number of hydrogen-bond donors (Lipinski definition) is 1. The number of rotatable bonds is 4. The van der Waals surface area contributed by atoms with Crippen LogP contribution in [-0.2, 0) is 11.3 Å². The van der Waals surface area contributed by atoms with Gasteiger partial charge in [0.1, 0.15) is 5.52 Å². The Balaban J connectivity index is 1.79. The van der Waals surface area contributed by atoms with Crippen LogP contribution in [-0.4, -0.2) is 24.7 Å². The molecule has 1 fully saturated rings. The van der Waals surface area contributed by atoms with Gasteiger partial charge >= 0.3 is 0 Å². The van der Waals surface area contributed by atoms with Gasteiger partial charge < -0.3 is 14.5 Å². The summed E-state index contributed by atoms with van der Waals surface area (Å²) >= 11 is 0. The predicted molar refractivity (Wildman–Crippen MR) is 64.7 cm³/mol. The Bertz CT molecular complexity index is 608. The summed E-state index contributed by atoms with van der Waals surface area (Å²) < 4.78 is 37.7. The van der Waals surface area contributed by atoms with Gasteiger partial charge in [0.2, 0.25) is 5.82 Å². The first-order valence-electron chi connectivity index (χ1n) is 6.17. The highest BCUT2D eigenvalue weighted by molar-refractivity contribution is 5.74. The molecule has 1 saturated heterocycles. The number of hydrogen-bond acceptors (Lipinski definition) is 4. The molecule has 0 spiro atoms. The van der Waals surface area contributed by atoms with Gasteiger partial charge in [-0.2, -0.15) is 4.39 Å². The second-order valence-electron chi connectivity index (χ2n) is 4.78. The SMILES string of the molecule is Cc1nc2cc(CNCC3COC3)c(F)c(F)c2o1. The Hall–Kier alpha value is -1.53. The summed E-state index contributed by atoms with van der Waals surface area (Å²) in [5.41, 5.74) is 0.491. The topological polar surface area (TPSA) is 47.3 Å². The number of nitrogens with one attached hydrogen (secondary N) is 1. The fourth-order valence-electron chi connectivity index (χ4n) is 2.11. The van der Waals surface area contributed by atoms with E-state index in [1.165, 1.54) is 6.07 Å². The van der Waals surface area contributed by atoms with Gasteiger partial charge in [-0.15, -0.1) is 0 Å². The normalized spacial score (nSPS) is 15.9. The van der Waals surface area contributed by atoms with E-state index in [1.54, 1.807) is 6.92 Å². The summed E-state index contributed by atoms with van der Waals surface area (Å²) in [6, 6.07) is 1.52. The molecule has 1 aliphatic rings. The molecule has 1 aromatic heterocycles. The van der Waals surface area contributed by atoms with Crippen LogP contribution in [0.4, 0.5) is 8.78 Å². The number of aromatic nitrogens is 1. The van der Waals surface area contributed by atoms with Gasteiger partial charge in [0.15, 0.2) is 17.3 Å². The molecule has 1 aromatic carbocycles. The van der Waals surface area contributed by atoms with Gasteiger partial charge in [-0.05, 0) is 6.07 Å². The summed E-state index contributed by atoms with van der Waals surface area (Å²) in [4.78, 5) is 4.03. The average Bonchev–Trinajstić information content (AvgIpc) is 2.69. The maximum Gasteiger partial charge on any atom is 0.203 e. The molecule has 6 heteroatoms. The second-order valence-corrected chi connectivity index (χ2v) is 4.78. The standard InChI is InChI=1S/C13H14F2N2O2/c1-7-17-10-2-9(4-16-3-8-5-18-6-8)11(14)12(15)13(10)19-7/h2,8,16H,3-6H2,1H3. The van der Waals surface area contributed by atoms with Crippen LogP contribution in [0.2, 0.25) is 0 Å². The molecule has 2 aromatic rings. The van der Waals surface area contributed by atoms with Crippen LogP contribution >= 0.6 is 0 Å². The molecule has 0 unspecified atom stereocenters. The third-order valence-electron chi connectivity index (χ3n) is 3.20. The van der Waals surface area contributed by atoms with E-state index in [0.717, 1.165) is 19.8 Å². The van der Waals surface area contributed by atoms with Crippen molar-refractivity contribution in [1.29, 1.82) is 0 Å². The Morgan fingerprint density at radius 3 is 2.84 bits per heavy atom. The van der Waals surface area contributed by atoms with Crippen LogP contribution in [0, 0.1) is 24.5 Å². The van der Waals surface area contributed by atoms with Crippen molar-refractivity contribution >= 4 is 11.1 Å². The summed E-state index contributed by atoms with van der Waals surface area (Å²) in [5.74, 6) is -1.06. The number of oxazole rings is 1. The third kappa shape index (κ3) is 2.33. The zero-order valence-electron chi connectivity index (χ0n) is 10.5. The maximum atomic E-state index is 13.8. The largest absolute Gasteiger partial charge is 0.438 e. The highest BCUT2D eigenvalue weighted by atomic mass is 19.2. The second kappa shape index (κ2) is 4.86. The first kappa shape index (κ1) is 12.5. The number of ether oxygens (including phenoxy) is 1. The molecule has 1 N–H and O–H groups in total. The van der Waals surface area contributed by atoms with Crippen molar-refractivity contribution < 1.29 is 17.9 Å². The molecular weight excluding hydrogens is 254 g/mol. The quantitative estimate of drug-likeness (QED) is 0.923. The zero-order chi connectivity index (χ0) is 13.4. The molecule has 19 heavy (non-hydrogen) atoms. The lowest BCUT2D eigenvalue weighted by atomic mass is 10.1. The van der Waals surface area contributed by atoms with Crippen LogP contribution < -0.4 is 5.32 Å². The molecular formula is C13H14F2N2O2. The fourth-order valence-corrected chi connectivity index (χ4v) is 2.11. The van der Waals surface area contributed by atoms with Crippen molar-refractivity contribution in [1.82, 2.24) is 10.3 Å². The van der Waals surface area contributed by atoms with Gasteiger partial charge in [0.25, 0.3) is 0 Å². The van der Waals surface area contributed by atoms with E-state index in [0.29, 0.717) is 17.3 Å². The molecule has 2 heterocycles. The monoisotopic (exact) mass is 268 g/mol. The van der Waals surface area contributed by atoms with Crippen molar-refractivity contribution in [2.75, 3.05) is 19.8 Å². The van der Waals surface area contributed by atoms with Crippen LogP contribution in [0.3, 0.4) is 0 Å². The van der Waals surface area contributed by atoms with Gasteiger partial charge in [-0.3, -0.25) is 0 Å². The van der Waals surface area contributed by atoms with E-state index < -0.39 is 11.6 Å². The highest BCUT2D eigenvalue weighted by Gasteiger charge is 2.20. The van der Waals surface area contributed by atoms with E-state index in [1.807, 2.05) is 0 Å². The molecule has 0 saturated carbocycles. The van der Waals surface area contributed by atoms with Gasteiger partial charge in [-0.1, -0.05) is 0 Å². The maximum absolute atomic E-state index is 13.8. The summed E-state index contributed by atoms with van der Waals surface area (Å²) in [6.45, 7) is 4.06. The number of fused-ring (bicyclic) bond motifs is 1. The minimum atomic E-state index is -0.970. The number of nitrogens with zero attached hydrogens (tertiary/aromatic N) is 1. The van der Waals surface area contributed by atoms with E-state index in [4.69, 9.17) is 9.15 Å². The van der Waals surface area contributed by atoms with Crippen molar-refractivity contribution in [3.8, 4) is 0 Å². The molecule has 4 nitrogen and oxygen atoms in total. The zero-order valence-corrected chi connectivity index (χ0v) is 10.5. The molecule has 0 atom stereocenters. The van der Waals surface area contributed by atoms with Crippen molar-refractivity contribution in [2.45, 2.75) is 13.5 Å². The van der Waals surface area contributed by atoms with E-state index in [-0.39, 0.29) is 17.7 Å². The van der Waals surface area contributed by atoms with E-state index in [9.17, 15) is 8.78 Å². The van der Waals surface area contributed by atoms with Gasteiger partial charge in [0.05, 0.1) is 13.2 Å². The van der Waals surface area contributed by atoms with Crippen LogP contribution in [0.15, 0.2) is 10.5 Å². The average molecular weight is 268 g/mol. The van der Waals surface area contributed by atoms with Crippen LogP contribution in [0.25, 0.3) is 11.1 Å². The van der Waals surface area contributed by atoms with Gasteiger partial charge in [-0.25, -0.2) is 9.37 Å². The first-order valence-corrected chi connectivity index (χ1v) is 6.17. The Kier molecular flexibility index (Phi) is 3.20. The Labute approximate surface area is 108 Å². The van der Waals surface area contributed by atoms with E-state index >= 15 is 0 Å². The van der Waals surface area contributed by atoms with Gasteiger partial charge in [0, 0.05) is 31.5 Å². The number of benzene rings is 1. The Morgan fingerprint density at radius 1 is 1.37 bits per heavy atom. The fraction of sp³-hybridized carbons (Fsp3) is 0.462. The van der Waals surface area contributed by atoms with Crippen LogP contribution in [0.5, 0.6) is 0 Å². The minimum Gasteiger partial charge on any atom is -0.438 e. The molecule has 1 aliphatic heterocycles. The van der Waals surface area contributed by atoms with Crippen molar-refractivity contribution in [3.05, 3.63) is 29.2 Å². The number of halogens is 2. The first-order chi connectivity index (χ1) is 9.15. The molecule has 0 aliphatic carbocycles. The van der Waals surface area contributed by atoms with Crippen molar-refractivity contribution in [2.24, 2.45) is 5.92 Å². The molecule has 102 valence electrons. The molecule has 3 rings (SSSR count).